The van der Waals surface area contributed by atoms with E-state index in [1.54, 1.807) is 0 Å². The smallest absolute Gasteiger partial charge is 0.276 e. The summed E-state index contributed by atoms with van der Waals surface area (Å²) in [5.41, 5.74) is -0.221. The molecule has 13 heavy (non-hydrogen) atoms. The van der Waals surface area contributed by atoms with Crippen molar-refractivity contribution in [2.45, 2.75) is 29.9 Å². The predicted octanol–water partition coefficient (Wildman–Crippen LogP) is 1.21. The van der Waals surface area contributed by atoms with Crippen LogP contribution in [0.1, 0.15) is 25.2 Å². The maximum atomic E-state index is 9.24. The summed E-state index contributed by atoms with van der Waals surface area (Å²) in [6, 6.07) is 0. The third kappa shape index (κ3) is 1.36. The van der Waals surface area contributed by atoms with Crippen LogP contribution >= 0.6 is 11.8 Å². The van der Waals surface area contributed by atoms with Gasteiger partial charge in [-0.1, -0.05) is 18.2 Å². The van der Waals surface area contributed by atoms with Gasteiger partial charge in [0.2, 0.25) is 5.89 Å². The van der Waals surface area contributed by atoms with Gasteiger partial charge in [0, 0.05) is 0 Å². The van der Waals surface area contributed by atoms with E-state index in [-0.39, 0.29) is 12.0 Å². The molecule has 1 N–H and O–H groups in total. The van der Waals surface area contributed by atoms with Gasteiger partial charge in [-0.2, -0.15) is 0 Å². The van der Waals surface area contributed by atoms with Gasteiger partial charge >= 0.3 is 0 Å². The zero-order valence-corrected chi connectivity index (χ0v) is 8.30. The van der Waals surface area contributed by atoms with Crippen LogP contribution in [-0.4, -0.2) is 28.2 Å². The topological polar surface area (TPSA) is 59.2 Å². The molecule has 72 valence electrons. The van der Waals surface area contributed by atoms with Crippen LogP contribution in [0.3, 0.4) is 0 Å². The van der Waals surface area contributed by atoms with Gasteiger partial charge in [0.15, 0.2) is 0 Å². The first-order chi connectivity index (χ1) is 6.30. The second kappa shape index (κ2) is 3.31. The van der Waals surface area contributed by atoms with Gasteiger partial charge in [0.1, 0.15) is 0 Å². The number of hydrogen-bond acceptors (Lipinski definition) is 5. The number of hydrogen-bond donors (Lipinski definition) is 1. The Bertz CT molecular complexity index is 291. The Morgan fingerprint density at radius 3 is 2.69 bits per heavy atom. The van der Waals surface area contributed by atoms with E-state index in [4.69, 9.17) is 4.42 Å². The Morgan fingerprint density at radius 1 is 1.54 bits per heavy atom. The van der Waals surface area contributed by atoms with E-state index in [0.29, 0.717) is 11.1 Å². The third-order valence-corrected chi connectivity index (χ3v) is 3.16. The molecule has 1 aromatic heterocycles. The van der Waals surface area contributed by atoms with Crippen molar-refractivity contribution >= 4 is 11.8 Å². The van der Waals surface area contributed by atoms with Crippen molar-refractivity contribution in [1.29, 1.82) is 0 Å². The monoisotopic (exact) mass is 200 g/mol. The lowest BCUT2D eigenvalue weighted by atomic mass is 9.69. The molecule has 0 saturated heterocycles. The molecule has 1 heterocycles. The molecule has 2 rings (SSSR count). The third-order valence-electron chi connectivity index (χ3n) is 2.65. The molecular weight excluding hydrogens is 188 g/mol. The number of thioether (sulfide) groups is 1. The summed E-state index contributed by atoms with van der Waals surface area (Å²) in [5, 5.41) is 17.6. The van der Waals surface area contributed by atoms with Gasteiger partial charge in [0.05, 0.1) is 12.0 Å². The van der Waals surface area contributed by atoms with Crippen molar-refractivity contribution in [3.63, 3.8) is 0 Å². The van der Waals surface area contributed by atoms with E-state index < -0.39 is 0 Å². The molecule has 0 aliphatic heterocycles. The first-order valence-corrected chi connectivity index (χ1v) is 5.52. The predicted molar refractivity (Wildman–Crippen MR) is 48.7 cm³/mol. The molecule has 1 aliphatic rings. The second-order valence-corrected chi connectivity index (χ2v) is 4.13. The zero-order valence-electron chi connectivity index (χ0n) is 7.49. The number of nitrogens with zero attached hydrogens (tertiary/aromatic N) is 2. The molecule has 1 saturated carbocycles. The Balaban J connectivity index is 2.23. The van der Waals surface area contributed by atoms with Crippen molar-refractivity contribution in [2.75, 3.05) is 12.9 Å². The van der Waals surface area contributed by atoms with Crippen LogP contribution in [0.15, 0.2) is 9.64 Å². The maximum Gasteiger partial charge on any atom is 0.276 e. The molecule has 4 nitrogen and oxygen atoms in total. The zero-order chi connectivity index (χ0) is 9.31. The quantitative estimate of drug-likeness (QED) is 0.743. The highest BCUT2D eigenvalue weighted by molar-refractivity contribution is 7.98. The van der Waals surface area contributed by atoms with Crippen LogP contribution in [0.4, 0.5) is 0 Å². The van der Waals surface area contributed by atoms with E-state index in [0.717, 1.165) is 19.3 Å². The van der Waals surface area contributed by atoms with E-state index in [9.17, 15) is 5.11 Å². The van der Waals surface area contributed by atoms with Crippen LogP contribution < -0.4 is 0 Å². The molecule has 0 atom stereocenters. The van der Waals surface area contributed by atoms with E-state index >= 15 is 0 Å². The Kier molecular flexibility index (Phi) is 2.29. The number of rotatable bonds is 3. The van der Waals surface area contributed by atoms with Crippen LogP contribution in [-0.2, 0) is 5.41 Å². The van der Waals surface area contributed by atoms with Crippen LogP contribution in [0.5, 0.6) is 0 Å². The van der Waals surface area contributed by atoms with Crippen molar-refractivity contribution in [1.82, 2.24) is 10.2 Å². The Hall–Kier alpha value is -0.550. The van der Waals surface area contributed by atoms with Crippen molar-refractivity contribution in [3.8, 4) is 0 Å². The van der Waals surface area contributed by atoms with Crippen LogP contribution in [0.2, 0.25) is 0 Å². The summed E-state index contributed by atoms with van der Waals surface area (Å²) in [7, 11) is 0. The number of aromatic nitrogens is 2. The van der Waals surface area contributed by atoms with E-state index in [1.165, 1.54) is 11.8 Å². The molecular formula is C8H12N2O2S. The second-order valence-electron chi connectivity index (χ2n) is 3.37. The van der Waals surface area contributed by atoms with Gasteiger partial charge in [-0.15, -0.1) is 10.2 Å². The summed E-state index contributed by atoms with van der Waals surface area (Å²) >= 11 is 1.43. The van der Waals surface area contributed by atoms with E-state index in [2.05, 4.69) is 10.2 Å². The molecule has 0 radical (unpaired) electrons. The van der Waals surface area contributed by atoms with Gasteiger partial charge in [-0.3, -0.25) is 0 Å². The lowest BCUT2D eigenvalue weighted by Gasteiger charge is -2.36. The minimum atomic E-state index is -0.221. The molecule has 0 spiro atoms. The molecule has 5 heteroatoms. The first kappa shape index (κ1) is 9.02. The summed E-state index contributed by atoms with van der Waals surface area (Å²) in [4.78, 5) is 0. The van der Waals surface area contributed by atoms with Gasteiger partial charge in [-0.05, 0) is 19.1 Å². The summed E-state index contributed by atoms with van der Waals surface area (Å²) in [6.45, 7) is 0.114. The van der Waals surface area contributed by atoms with Gasteiger partial charge in [-0.25, -0.2) is 0 Å². The summed E-state index contributed by atoms with van der Waals surface area (Å²) in [6.07, 6.45) is 4.94. The highest BCUT2D eigenvalue weighted by atomic mass is 32.2. The molecule has 0 bridgehead atoms. The average molecular weight is 200 g/mol. The molecule has 1 aliphatic carbocycles. The first-order valence-electron chi connectivity index (χ1n) is 4.29. The minimum absolute atomic E-state index is 0.114. The molecule has 0 aromatic carbocycles. The fourth-order valence-electron chi connectivity index (χ4n) is 1.55. The van der Waals surface area contributed by atoms with Crippen molar-refractivity contribution in [2.24, 2.45) is 0 Å². The number of aliphatic hydroxyl groups is 1. The lowest BCUT2D eigenvalue weighted by Crippen LogP contribution is -2.38. The van der Waals surface area contributed by atoms with E-state index in [1.807, 2.05) is 6.26 Å². The highest BCUT2D eigenvalue weighted by Gasteiger charge is 2.43. The normalized spacial score (nSPS) is 19.8. The molecule has 0 amide bonds. The minimum Gasteiger partial charge on any atom is -0.415 e. The van der Waals surface area contributed by atoms with Gasteiger partial charge in [0.25, 0.3) is 5.22 Å². The standard InChI is InChI=1S/C8H12N2O2S/c1-13-7-10-9-6(12-7)8(5-11)3-2-4-8/h11H,2-5H2,1H3. The van der Waals surface area contributed by atoms with Crippen LogP contribution in [0, 0.1) is 0 Å². The number of aliphatic hydroxyl groups excluding tert-OH is 1. The lowest BCUT2D eigenvalue weighted by molar-refractivity contribution is 0.0898. The molecule has 1 fully saturated rings. The van der Waals surface area contributed by atoms with Gasteiger partial charge < -0.3 is 9.52 Å². The SMILES string of the molecule is CSc1nnc(C2(CO)CCC2)o1. The summed E-state index contributed by atoms with van der Waals surface area (Å²) < 4.78 is 5.41. The van der Waals surface area contributed by atoms with Crippen molar-refractivity contribution < 1.29 is 9.52 Å². The highest BCUT2D eigenvalue weighted by Crippen LogP contribution is 2.42. The average Bonchev–Trinajstić information content (AvgIpc) is 2.52. The van der Waals surface area contributed by atoms with Crippen molar-refractivity contribution in [3.05, 3.63) is 5.89 Å². The maximum absolute atomic E-state index is 9.24. The largest absolute Gasteiger partial charge is 0.415 e. The fraction of sp³-hybridized carbons (Fsp3) is 0.750. The molecule has 1 aromatic rings. The molecule has 0 unspecified atom stereocenters. The fourth-order valence-corrected chi connectivity index (χ4v) is 1.83. The summed E-state index contributed by atoms with van der Waals surface area (Å²) in [5.74, 6) is 0.602. The van der Waals surface area contributed by atoms with Crippen LogP contribution in [0.25, 0.3) is 0 Å². The Labute approximate surface area is 80.7 Å². The Morgan fingerprint density at radius 2 is 2.31 bits per heavy atom.